The summed E-state index contributed by atoms with van der Waals surface area (Å²) >= 11 is 0. The average molecular weight is 281 g/mol. The molecule has 2 N–H and O–H groups in total. The van der Waals surface area contributed by atoms with Gasteiger partial charge < -0.3 is 19.9 Å². The van der Waals surface area contributed by atoms with Crippen molar-refractivity contribution in [2.24, 2.45) is 5.92 Å². The van der Waals surface area contributed by atoms with Crippen LogP contribution < -0.4 is 14.8 Å². The van der Waals surface area contributed by atoms with Gasteiger partial charge in [0.1, 0.15) is 17.1 Å². The summed E-state index contributed by atoms with van der Waals surface area (Å²) in [5.41, 5.74) is 0.410. The van der Waals surface area contributed by atoms with E-state index in [0.29, 0.717) is 23.6 Å². The van der Waals surface area contributed by atoms with Crippen molar-refractivity contribution in [3.05, 3.63) is 23.8 Å². The molecule has 0 saturated heterocycles. The largest absolute Gasteiger partial charge is 0.496 e. The Labute approximate surface area is 119 Å². The smallest absolute Gasteiger partial charge is 0.258 e. The Bertz CT molecular complexity index is 412. The minimum atomic E-state index is -0.212. The van der Waals surface area contributed by atoms with Crippen molar-refractivity contribution in [1.82, 2.24) is 5.32 Å². The van der Waals surface area contributed by atoms with E-state index in [4.69, 9.17) is 14.6 Å². The van der Waals surface area contributed by atoms with Crippen LogP contribution in [0, 0.1) is 5.92 Å². The molecule has 0 aromatic heterocycles. The minimum absolute atomic E-state index is 0.175. The number of aliphatic hydroxyl groups excluding tert-OH is 1. The number of ether oxygens (including phenoxy) is 2. The van der Waals surface area contributed by atoms with Gasteiger partial charge in [-0.1, -0.05) is 13.0 Å². The van der Waals surface area contributed by atoms with Gasteiger partial charge in [-0.3, -0.25) is 4.79 Å². The van der Waals surface area contributed by atoms with Gasteiger partial charge >= 0.3 is 0 Å². The maximum atomic E-state index is 12.2. The summed E-state index contributed by atoms with van der Waals surface area (Å²) < 4.78 is 10.4. The molecular formula is C15H23NO4. The number of hydrogen-bond acceptors (Lipinski definition) is 4. The first-order chi connectivity index (χ1) is 9.63. The maximum Gasteiger partial charge on any atom is 0.258 e. The lowest BCUT2D eigenvalue weighted by Crippen LogP contribution is -2.26. The second kappa shape index (κ2) is 8.43. The molecule has 0 fully saturated rings. The van der Waals surface area contributed by atoms with Crippen molar-refractivity contribution >= 4 is 5.91 Å². The van der Waals surface area contributed by atoms with Crippen molar-refractivity contribution in [2.75, 3.05) is 27.4 Å². The highest BCUT2D eigenvalue weighted by Gasteiger charge is 2.17. The number of benzene rings is 1. The second-order valence-corrected chi connectivity index (χ2v) is 4.72. The quantitative estimate of drug-likeness (QED) is 0.714. The Hall–Kier alpha value is -1.75. The number of aliphatic hydroxyl groups is 1. The summed E-state index contributed by atoms with van der Waals surface area (Å²) in [6, 6.07) is 5.23. The number of carbonyl (C=O) groups is 1. The zero-order valence-corrected chi connectivity index (χ0v) is 12.3. The molecule has 0 spiro atoms. The van der Waals surface area contributed by atoms with E-state index in [1.807, 2.05) is 6.92 Å². The summed E-state index contributed by atoms with van der Waals surface area (Å²) in [4.78, 5) is 12.2. The molecule has 0 aliphatic carbocycles. The van der Waals surface area contributed by atoms with Crippen LogP contribution in [0.5, 0.6) is 11.5 Å². The summed E-state index contributed by atoms with van der Waals surface area (Å²) in [5.74, 6) is 1.03. The van der Waals surface area contributed by atoms with E-state index in [9.17, 15) is 4.79 Å². The van der Waals surface area contributed by atoms with E-state index in [-0.39, 0.29) is 18.4 Å². The van der Waals surface area contributed by atoms with Crippen LogP contribution >= 0.6 is 0 Å². The van der Waals surface area contributed by atoms with Gasteiger partial charge in [0, 0.05) is 13.2 Å². The predicted molar refractivity (Wildman–Crippen MR) is 77.4 cm³/mol. The van der Waals surface area contributed by atoms with Crippen molar-refractivity contribution in [3.8, 4) is 11.5 Å². The van der Waals surface area contributed by atoms with Crippen LogP contribution in [0.2, 0.25) is 0 Å². The molecule has 1 amide bonds. The molecule has 1 atom stereocenters. The molecule has 0 heterocycles. The monoisotopic (exact) mass is 281 g/mol. The minimum Gasteiger partial charge on any atom is -0.496 e. The van der Waals surface area contributed by atoms with Crippen LogP contribution in [0.1, 0.15) is 30.1 Å². The summed E-state index contributed by atoms with van der Waals surface area (Å²) in [6.45, 7) is 2.71. The van der Waals surface area contributed by atoms with Gasteiger partial charge in [-0.05, 0) is 30.9 Å². The lowest BCUT2D eigenvalue weighted by Gasteiger charge is -2.13. The molecule has 1 aromatic rings. The highest BCUT2D eigenvalue weighted by Crippen LogP contribution is 2.27. The maximum absolute atomic E-state index is 12.2. The molecule has 5 heteroatoms. The molecule has 0 bridgehead atoms. The van der Waals surface area contributed by atoms with Gasteiger partial charge in [-0.2, -0.15) is 0 Å². The lowest BCUT2D eigenvalue weighted by molar-refractivity contribution is 0.0946. The highest BCUT2D eigenvalue weighted by atomic mass is 16.5. The van der Waals surface area contributed by atoms with Gasteiger partial charge in [0.2, 0.25) is 0 Å². The van der Waals surface area contributed by atoms with E-state index in [0.717, 1.165) is 12.8 Å². The van der Waals surface area contributed by atoms with Crippen LogP contribution in [0.4, 0.5) is 0 Å². The number of rotatable bonds is 8. The third-order valence-corrected chi connectivity index (χ3v) is 3.13. The zero-order valence-electron chi connectivity index (χ0n) is 12.3. The SMILES string of the molecule is COc1cccc(OC)c1C(=O)NCCCC(C)CO. The third kappa shape index (κ3) is 4.42. The molecule has 1 unspecified atom stereocenters. The molecule has 1 rings (SSSR count). The predicted octanol–water partition coefficient (Wildman–Crippen LogP) is 1.84. The van der Waals surface area contributed by atoms with Gasteiger partial charge in [0.05, 0.1) is 14.2 Å². The third-order valence-electron chi connectivity index (χ3n) is 3.13. The van der Waals surface area contributed by atoms with E-state index >= 15 is 0 Å². The molecule has 112 valence electrons. The molecule has 20 heavy (non-hydrogen) atoms. The number of methoxy groups -OCH3 is 2. The van der Waals surface area contributed by atoms with E-state index in [1.54, 1.807) is 18.2 Å². The summed E-state index contributed by atoms with van der Waals surface area (Å²) in [7, 11) is 3.04. The van der Waals surface area contributed by atoms with Crippen LogP contribution in [-0.4, -0.2) is 38.4 Å². The Morgan fingerprint density at radius 2 is 1.90 bits per heavy atom. The molecule has 0 saturated carbocycles. The molecule has 0 radical (unpaired) electrons. The topological polar surface area (TPSA) is 67.8 Å². The number of hydrogen-bond donors (Lipinski definition) is 2. The summed E-state index contributed by atoms with van der Waals surface area (Å²) in [5, 5.41) is 11.8. The fourth-order valence-electron chi connectivity index (χ4n) is 1.91. The normalized spacial score (nSPS) is 11.8. The van der Waals surface area contributed by atoms with E-state index < -0.39 is 0 Å². The highest BCUT2D eigenvalue weighted by molar-refractivity contribution is 5.99. The zero-order chi connectivity index (χ0) is 15.0. The first-order valence-corrected chi connectivity index (χ1v) is 6.74. The fourth-order valence-corrected chi connectivity index (χ4v) is 1.91. The van der Waals surface area contributed by atoms with Crippen LogP contribution in [0.25, 0.3) is 0 Å². The van der Waals surface area contributed by atoms with Gasteiger partial charge in [-0.25, -0.2) is 0 Å². The van der Waals surface area contributed by atoms with Gasteiger partial charge in [0.15, 0.2) is 0 Å². The number of amides is 1. The van der Waals surface area contributed by atoms with E-state index in [2.05, 4.69) is 5.32 Å². The standard InChI is InChI=1S/C15H23NO4/c1-11(10-17)6-5-9-16-15(18)14-12(19-2)7-4-8-13(14)20-3/h4,7-8,11,17H,5-6,9-10H2,1-3H3,(H,16,18). The second-order valence-electron chi connectivity index (χ2n) is 4.72. The van der Waals surface area contributed by atoms with Crippen molar-refractivity contribution in [2.45, 2.75) is 19.8 Å². The Morgan fingerprint density at radius 3 is 2.40 bits per heavy atom. The number of nitrogens with one attached hydrogen (secondary N) is 1. The van der Waals surface area contributed by atoms with Gasteiger partial charge in [0.25, 0.3) is 5.91 Å². The molecule has 0 aliphatic heterocycles. The van der Waals surface area contributed by atoms with Crippen molar-refractivity contribution < 1.29 is 19.4 Å². The molecule has 1 aromatic carbocycles. The first kappa shape index (κ1) is 16.3. The van der Waals surface area contributed by atoms with Crippen LogP contribution in [0.15, 0.2) is 18.2 Å². The average Bonchev–Trinajstić information content (AvgIpc) is 2.49. The Kier molecular flexibility index (Phi) is 6.87. The van der Waals surface area contributed by atoms with Crippen molar-refractivity contribution in [3.63, 3.8) is 0 Å². The Morgan fingerprint density at radius 1 is 1.30 bits per heavy atom. The van der Waals surface area contributed by atoms with E-state index in [1.165, 1.54) is 14.2 Å². The summed E-state index contributed by atoms with van der Waals surface area (Å²) in [6.07, 6.45) is 1.70. The van der Waals surface area contributed by atoms with Gasteiger partial charge in [-0.15, -0.1) is 0 Å². The Balaban J connectivity index is 2.63. The first-order valence-electron chi connectivity index (χ1n) is 6.74. The molecular weight excluding hydrogens is 258 g/mol. The molecule has 5 nitrogen and oxygen atoms in total. The fraction of sp³-hybridized carbons (Fsp3) is 0.533. The van der Waals surface area contributed by atoms with Crippen LogP contribution in [-0.2, 0) is 0 Å². The van der Waals surface area contributed by atoms with Crippen molar-refractivity contribution in [1.29, 1.82) is 0 Å². The molecule has 0 aliphatic rings. The lowest BCUT2D eigenvalue weighted by atomic mass is 10.1. The number of carbonyl (C=O) groups excluding carboxylic acids is 1. The van der Waals surface area contributed by atoms with Crippen LogP contribution in [0.3, 0.4) is 0 Å².